The lowest BCUT2D eigenvalue weighted by Gasteiger charge is -2.23. The van der Waals surface area contributed by atoms with Crippen molar-refractivity contribution in [1.82, 2.24) is 10.2 Å². The SMILES string of the molecule is COC(=O)C(C)(C)Nc1ccc(C2CCCC2)nn1. The first-order chi connectivity index (χ1) is 9.03. The van der Waals surface area contributed by atoms with Crippen molar-refractivity contribution in [1.29, 1.82) is 0 Å². The Morgan fingerprint density at radius 3 is 2.53 bits per heavy atom. The van der Waals surface area contributed by atoms with E-state index in [2.05, 4.69) is 15.5 Å². The first-order valence-corrected chi connectivity index (χ1v) is 6.73. The molecule has 5 heteroatoms. The molecule has 1 saturated carbocycles. The molecule has 0 bridgehead atoms. The standard InChI is InChI=1S/C14H21N3O2/c1-14(2,13(18)19-3)15-12-9-8-11(16-17-12)10-6-4-5-7-10/h8-10H,4-7H2,1-3H3,(H,15,17). The van der Waals surface area contributed by atoms with Crippen molar-refractivity contribution in [3.05, 3.63) is 17.8 Å². The average Bonchev–Trinajstić information content (AvgIpc) is 2.92. The van der Waals surface area contributed by atoms with Gasteiger partial charge in [-0.05, 0) is 38.8 Å². The first-order valence-electron chi connectivity index (χ1n) is 6.73. The van der Waals surface area contributed by atoms with Crippen molar-refractivity contribution in [3.63, 3.8) is 0 Å². The molecule has 5 nitrogen and oxygen atoms in total. The minimum Gasteiger partial charge on any atom is -0.467 e. The first kappa shape index (κ1) is 13.8. The number of nitrogens with one attached hydrogen (secondary N) is 1. The van der Waals surface area contributed by atoms with E-state index in [1.807, 2.05) is 12.1 Å². The normalized spacial score (nSPS) is 16.4. The number of nitrogens with zero attached hydrogens (tertiary/aromatic N) is 2. The fourth-order valence-electron chi connectivity index (χ4n) is 2.47. The second kappa shape index (κ2) is 5.55. The van der Waals surface area contributed by atoms with Gasteiger partial charge in [0, 0.05) is 5.92 Å². The molecule has 1 heterocycles. The van der Waals surface area contributed by atoms with Crippen LogP contribution in [-0.2, 0) is 9.53 Å². The van der Waals surface area contributed by atoms with Gasteiger partial charge < -0.3 is 10.1 Å². The van der Waals surface area contributed by atoms with Gasteiger partial charge in [-0.15, -0.1) is 5.10 Å². The fourth-order valence-corrected chi connectivity index (χ4v) is 2.47. The van der Waals surface area contributed by atoms with Gasteiger partial charge in [0.2, 0.25) is 0 Å². The average molecular weight is 263 g/mol. The molecule has 1 aromatic rings. The van der Waals surface area contributed by atoms with Gasteiger partial charge in [0.15, 0.2) is 0 Å². The highest BCUT2D eigenvalue weighted by atomic mass is 16.5. The highest BCUT2D eigenvalue weighted by molar-refractivity contribution is 5.82. The van der Waals surface area contributed by atoms with E-state index in [0.717, 1.165) is 5.69 Å². The summed E-state index contributed by atoms with van der Waals surface area (Å²) in [4.78, 5) is 11.6. The minimum atomic E-state index is -0.807. The second-order valence-electron chi connectivity index (χ2n) is 5.57. The van der Waals surface area contributed by atoms with Crippen LogP contribution in [0.4, 0.5) is 5.82 Å². The van der Waals surface area contributed by atoms with E-state index in [9.17, 15) is 4.79 Å². The molecule has 0 saturated heterocycles. The number of carbonyl (C=O) groups excluding carboxylic acids is 1. The molecule has 0 aromatic carbocycles. The lowest BCUT2D eigenvalue weighted by Crippen LogP contribution is -2.41. The molecule has 2 rings (SSSR count). The van der Waals surface area contributed by atoms with Crippen LogP contribution in [0.15, 0.2) is 12.1 Å². The summed E-state index contributed by atoms with van der Waals surface area (Å²) in [6.45, 7) is 3.51. The number of carbonyl (C=O) groups is 1. The van der Waals surface area contributed by atoms with E-state index < -0.39 is 5.54 Å². The zero-order valence-corrected chi connectivity index (χ0v) is 11.8. The highest BCUT2D eigenvalue weighted by Gasteiger charge is 2.29. The monoisotopic (exact) mass is 263 g/mol. The Morgan fingerprint density at radius 2 is 2.00 bits per heavy atom. The lowest BCUT2D eigenvalue weighted by molar-refractivity contribution is -0.144. The maximum atomic E-state index is 11.6. The van der Waals surface area contributed by atoms with Crippen molar-refractivity contribution >= 4 is 11.8 Å². The van der Waals surface area contributed by atoms with E-state index in [1.54, 1.807) is 13.8 Å². The smallest absolute Gasteiger partial charge is 0.330 e. The molecule has 0 amide bonds. The van der Waals surface area contributed by atoms with Crippen LogP contribution < -0.4 is 5.32 Å². The molecular weight excluding hydrogens is 242 g/mol. The summed E-state index contributed by atoms with van der Waals surface area (Å²) in [6, 6.07) is 3.88. The third-order valence-electron chi connectivity index (χ3n) is 3.59. The van der Waals surface area contributed by atoms with Gasteiger partial charge >= 0.3 is 5.97 Å². The summed E-state index contributed by atoms with van der Waals surface area (Å²) < 4.78 is 4.74. The third-order valence-corrected chi connectivity index (χ3v) is 3.59. The van der Waals surface area contributed by atoms with Crippen LogP contribution in [0.5, 0.6) is 0 Å². The molecule has 1 aromatic heterocycles. The minimum absolute atomic E-state index is 0.325. The summed E-state index contributed by atoms with van der Waals surface area (Å²) in [6.07, 6.45) is 4.97. The Hall–Kier alpha value is -1.65. The molecular formula is C14H21N3O2. The highest BCUT2D eigenvalue weighted by Crippen LogP contribution is 2.32. The molecule has 0 radical (unpaired) electrons. The van der Waals surface area contributed by atoms with Gasteiger partial charge in [-0.1, -0.05) is 12.8 Å². The Bertz CT molecular complexity index is 437. The van der Waals surface area contributed by atoms with Gasteiger partial charge in [0.1, 0.15) is 11.4 Å². The summed E-state index contributed by atoms with van der Waals surface area (Å²) in [5.41, 5.74) is 0.247. The Kier molecular flexibility index (Phi) is 4.02. The largest absolute Gasteiger partial charge is 0.467 e. The number of hydrogen-bond acceptors (Lipinski definition) is 5. The predicted molar refractivity (Wildman–Crippen MR) is 73.0 cm³/mol. The van der Waals surface area contributed by atoms with Crippen molar-refractivity contribution in [2.45, 2.75) is 51.0 Å². The number of ether oxygens (including phenoxy) is 1. The van der Waals surface area contributed by atoms with Crippen molar-refractivity contribution in [2.75, 3.05) is 12.4 Å². The molecule has 1 N–H and O–H groups in total. The van der Waals surface area contributed by atoms with Crippen LogP contribution >= 0.6 is 0 Å². The molecule has 0 atom stereocenters. The van der Waals surface area contributed by atoms with Crippen molar-refractivity contribution in [2.24, 2.45) is 0 Å². The summed E-state index contributed by atoms with van der Waals surface area (Å²) >= 11 is 0. The second-order valence-corrected chi connectivity index (χ2v) is 5.57. The van der Waals surface area contributed by atoms with Crippen molar-refractivity contribution < 1.29 is 9.53 Å². The van der Waals surface area contributed by atoms with E-state index in [1.165, 1.54) is 32.8 Å². The Morgan fingerprint density at radius 1 is 1.32 bits per heavy atom. The fraction of sp³-hybridized carbons (Fsp3) is 0.643. The molecule has 1 fully saturated rings. The van der Waals surface area contributed by atoms with Gasteiger partial charge in [-0.3, -0.25) is 0 Å². The van der Waals surface area contributed by atoms with Crippen molar-refractivity contribution in [3.8, 4) is 0 Å². The quantitative estimate of drug-likeness (QED) is 0.845. The van der Waals surface area contributed by atoms with Crippen LogP contribution in [0.3, 0.4) is 0 Å². The third kappa shape index (κ3) is 3.22. The van der Waals surface area contributed by atoms with Crippen LogP contribution in [0, 0.1) is 0 Å². The van der Waals surface area contributed by atoms with Crippen LogP contribution in [-0.4, -0.2) is 28.8 Å². The van der Waals surface area contributed by atoms with Gasteiger partial charge in [-0.25, -0.2) is 4.79 Å². The summed E-state index contributed by atoms with van der Waals surface area (Å²) in [5.74, 6) is 0.821. The number of anilines is 1. The number of methoxy groups -OCH3 is 1. The molecule has 1 aliphatic carbocycles. The Balaban J connectivity index is 2.04. The summed E-state index contributed by atoms with van der Waals surface area (Å²) in [5, 5.41) is 11.5. The molecule has 0 spiro atoms. The predicted octanol–water partition coefficient (Wildman–Crippen LogP) is 2.50. The van der Waals surface area contributed by atoms with Crippen LogP contribution in [0.25, 0.3) is 0 Å². The van der Waals surface area contributed by atoms with Gasteiger partial charge in [0.25, 0.3) is 0 Å². The van der Waals surface area contributed by atoms with Crippen LogP contribution in [0.2, 0.25) is 0 Å². The number of esters is 1. The zero-order chi connectivity index (χ0) is 13.9. The Labute approximate surface area is 113 Å². The topological polar surface area (TPSA) is 64.1 Å². The van der Waals surface area contributed by atoms with Gasteiger partial charge in [0.05, 0.1) is 12.8 Å². The zero-order valence-electron chi connectivity index (χ0n) is 11.8. The van der Waals surface area contributed by atoms with E-state index in [4.69, 9.17) is 4.74 Å². The maximum Gasteiger partial charge on any atom is 0.330 e. The number of hydrogen-bond donors (Lipinski definition) is 1. The number of aromatic nitrogens is 2. The molecule has 1 aliphatic rings. The van der Waals surface area contributed by atoms with E-state index in [-0.39, 0.29) is 5.97 Å². The number of rotatable bonds is 4. The van der Waals surface area contributed by atoms with E-state index >= 15 is 0 Å². The van der Waals surface area contributed by atoms with Gasteiger partial charge in [-0.2, -0.15) is 5.10 Å². The van der Waals surface area contributed by atoms with E-state index in [0.29, 0.717) is 11.7 Å². The maximum absolute atomic E-state index is 11.6. The lowest BCUT2D eigenvalue weighted by atomic mass is 10.0. The molecule has 0 aliphatic heterocycles. The summed E-state index contributed by atoms with van der Waals surface area (Å²) in [7, 11) is 1.38. The molecule has 0 unspecified atom stereocenters. The van der Waals surface area contributed by atoms with Crippen LogP contribution in [0.1, 0.15) is 51.1 Å². The molecule has 104 valence electrons. The molecule has 19 heavy (non-hydrogen) atoms.